The molecule has 7 nitrogen and oxygen atoms in total. The van der Waals surface area contributed by atoms with Crippen LogP contribution in [0.3, 0.4) is 0 Å². The summed E-state index contributed by atoms with van der Waals surface area (Å²) in [5.41, 5.74) is 0.698. The fourth-order valence-corrected chi connectivity index (χ4v) is 2.63. The molecule has 3 aromatic rings. The van der Waals surface area contributed by atoms with E-state index in [-0.39, 0.29) is 16.2 Å². The average Bonchev–Trinajstić information content (AvgIpc) is 2.95. The number of fused-ring (bicyclic) bond motifs is 1. The van der Waals surface area contributed by atoms with Crippen molar-refractivity contribution in [2.24, 2.45) is 7.05 Å². The van der Waals surface area contributed by atoms with Crippen molar-refractivity contribution in [1.29, 1.82) is 0 Å². The third kappa shape index (κ3) is 2.91. The standard InChI is InChI=1S/C16H15N5O2S/c1-3-7-21-15(23)11-5-4-10(9-12(11)17-16(21)24)14(22)18-13-6-8-20(2)19-13/h3-6,8-9H,1,7H2,2H3,(H,17,24)(H,18,19,22). The zero-order valence-electron chi connectivity index (χ0n) is 12.9. The van der Waals surface area contributed by atoms with E-state index in [9.17, 15) is 9.59 Å². The average molecular weight is 341 g/mol. The molecule has 0 atom stereocenters. The molecule has 2 heterocycles. The van der Waals surface area contributed by atoms with Crippen molar-refractivity contribution in [3.05, 3.63) is 63.8 Å². The van der Waals surface area contributed by atoms with E-state index >= 15 is 0 Å². The van der Waals surface area contributed by atoms with Crippen molar-refractivity contribution < 1.29 is 4.79 Å². The summed E-state index contributed by atoms with van der Waals surface area (Å²) >= 11 is 5.20. The molecule has 0 radical (unpaired) electrons. The van der Waals surface area contributed by atoms with Gasteiger partial charge in [-0.05, 0) is 30.4 Å². The largest absolute Gasteiger partial charge is 0.332 e. The molecule has 1 aromatic carbocycles. The van der Waals surface area contributed by atoms with Crippen molar-refractivity contribution in [2.45, 2.75) is 6.54 Å². The minimum absolute atomic E-state index is 0.217. The number of nitrogens with one attached hydrogen (secondary N) is 2. The molecule has 24 heavy (non-hydrogen) atoms. The lowest BCUT2D eigenvalue weighted by Crippen LogP contribution is -2.22. The Balaban J connectivity index is 2.01. The fourth-order valence-electron chi connectivity index (χ4n) is 2.36. The number of aromatic nitrogens is 4. The second kappa shape index (κ2) is 6.25. The number of rotatable bonds is 4. The second-order valence-corrected chi connectivity index (χ2v) is 5.61. The van der Waals surface area contributed by atoms with Crippen LogP contribution in [0.25, 0.3) is 10.9 Å². The van der Waals surface area contributed by atoms with Gasteiger partial charge in [-0.3, -0.25) is 18.8 Å². The summed E-state index contributed by atoms with van der Waals surface area (Å²) in [5, 5.41) is 7.25. The van der Waals surface area contributed by atoms with Crippen LogP contribution in [0.15, 0.2) is 47.9 Å². The summed E-state index contributed by atoms with van der Waals surface area (Å²) in [6.07, 6.45) is 3.33. The van der Waals surface area contributed by atoms with Gasteiger partial charge in [-0.15, -0.1) is 6.58 Å². The molecule has 0 bridgehead atoms. The minimum Gasteiger partial charge on any atom is -0.332 e. The number of aromatic amines is 1. The number of allylic oxidation sites excluding steroid dienone is 1. The van der Waals surface area contributed by atoms with Gasteiger partial charge in [-0.25, -0.2) is 0 Å². The molecule has 0 aliphatic rings. The first kappa shape index (κ1) is 15.9. The van der Waals surface area contributed by atoms with Gasteiger partial charge in [0.15, 0.2) is 10.6 Å². The van der Waals surface area contributed by atoms with E-state index in [0.29, 0.717) is 28.8 Å². The third-order valence-corrected chi connectivity index (χ3v) is 3.83. The van der Waals surface area contributed by atoms with Gasteiger partial charge in [0.2, 0.25) is 0 Å². The van der Waals surface area contributed by atoms with E-state index in [4.69, 9.17) is 12.2 Å². The summed E-state index contributed by atoms with van der Waals surface area (Å²) in [6, 6.07) is 6.50. The lowest BCUT2D eigenvalue weighted by atomic mass is 10.1. The van der Waals surface area contributed by atoms with Crippen LogP contribution in [0.4, 0.5) is 5.82 Å². The highest BCUT2D eigenvalue weighted by Gasteiger charge is 2.11. The molecule has 122 valence electrons. The van der Waals surface area contributed by atoms with E-state index in [1.165, 1.54) is 4.57 Å². The minimum atomic E-state index is -0.315. The van der Waals surface area contributed by atoms with Gasteiger partial charge in [-0.2, -0.15) is 5.10 Å². The predicted octanol–water partition coefficient (Wildman–Crippen LogP) is 2.23. The quantitative estimate of drug-likeness (QED) is 0.563. The molecule has 0 unspecified atom stereocenters. The van der Waals surface area contributed by atoms with Crippen LogP contribution in [0.5, 0.6) is 0 Å². The first-order valence-corrected chi connectivity index (χ1v) is 7.59. The van der Waals surface area contributed by atoms with Crippen molar-refractivity contribution in [3.63, 3.8) is 0 Å². The highest BCUT2D eigenvalue weighted by molar-refractivity contribution is 7.71. The molecule has 0 aliphatic carbocycles. The van der Waals surface area contributed by atoms with Crippen molar-refractivity contribution in [2.75, 3.05) is 5.32 Å². The van der Waals surface area contributed by atoms with Gasteiger partial charge in [0.1, 0.15) is 0 Å². The molecular weight excluding hydrogens is 326 g/mol. The molecule has 0 fully saturated rings. The normalized spacial score (nSPS) is 10.7. The van der Waals surface area contributed by atoms with Gasteiger partial charge in [0.25, 0.3) is 11.5 Å². The number of anilines is 1. The molecule has 1 amide bonds. The molecule has 8 heteroatoms. The van der Waals surface area contributed by atoms with Gasteiger partial charge in [0.05, 0.1) is 10.9 Å². The Morgan fingerprint density at radius 2 is 2.25 bits per heavy atom. The van der Waals surface area contributed by atoms with Crippen LogP contribution in [0.1, 0.15) is 10.4 Å². The smallest absolute Gasteiger partial charge is 0.262 e. The van der Waals surface area contributed by atoms with Crippen LogP contribution >= 0.6 is 12.2 Å². The molecule has 2 aromatic heterocycles. The zero-order valence-corrected chi connectivity index (χ0v) is 13.8. The monoisotopic (exact) mass is 341 g/mol. The Bertz CT molecular complexity index is 1060. The molecule has 0 spiro atoms. The number of carbonyl (C=O) groups excluding carboxylic acids is 1. The topological polar surface area (TPSA) is 84.7 Å². The number of H-pyrrole nitrogens is 1. The first-order chi connectivity index (χ1) is 11.5. The van der Waals surface area contributed by atoms with E-state index < -0.39 is 0 Å². The maximum Gasteiger partial charge on any atom is 0.262 e. The van der Waals surface area contributed by atoms with Gasteiger partial charge >= 0.3 is 0 Å². The van der Waals surface area contributed by atoms with Crippen LogP contribution in [-0.4, -0.2) is 25.2 Å². The van der Waals surface area contributed by atoms with Crippen LogP contribution in [-0.2, 0) is 13.6 Å². The Hall–Kier alpha value is -3.00. The molecule has 0 aliphatic heterocycles. The fraction of sp³-hybridized carbons (Fsp3) is 0.125. The highest BCUT2D eigenvalue weighted by atomic mass is 32.1. The van der Waals surface area contributed by atoms with Gasteiger partial charge < -0.3 is 10.3 Å². The number of carbonyl (C=O) groups is 1. The number of amides is 1. The van der Waals surface area contributed by atoms with Gasteiger partial charge in [-0.1, -0.05) is 6.08 Å². The Kier molecular flexibility index (Phi) is 4.13. The first-order valence-electron chi connectivity index (χ1n) is 7.18. The van der Waals surface area contributed by atoms with E-state index in [2.05, 4.69) is 22.0 Å². The summed E-state index contributed by atoms with van der Waals surface area (Å²) in [4.78, 5) is 27.7. The Labute approximate surface area is 142 Å². The zero-order chi connectivity index (χ0) is 17.3. The van der Waals surface area contributed by atoms with Crippen LogP contribution < -0.4 is 10.9 Å². The van der Waals surface area contributed by atoms with E-state index in [0.717, 1.165) is 0 Å². The number of nitrogens with zero attached hydrogens (tertiary/aromatic N) is 3. The Morgan fingerprint density at radius 1 is 1.46 bits per heavy atom. The van der Waals surface area contributed by atoms with Crippen LogP contribution in [0, 0.1) is 4.77 Å². The van der Waals surface area contributed by atoms with E-state index in [1.807, 2.05) is 0 Å². The summed E-state index contributed by atoms with van der Waals surface area (Å²) in [7, 11) is 1.76. The molecular formula is C16H15N5O2S. The lowest BCUT2D eigenvalue weighted by molar-refractivity contribution is 0.102. The SMILES string of the molecule is C=CCn1c(=S)[nH]c2cc(C(=O)Nc3ccn(C)n3)ccc2c1=O. The molecule has 0 saturated carbocycles. The van der Waals surface area contributed by atoms with Crippen LogP contribution in [0.2, 0.25) is 0 Å². The lowest BCUT2D eigenvalue weighted by Gasteiger charge is -2.07. The molecule has 2 N–H and O–H groups in total. The van der Waals surface area contributed by atoms with Crippen molar-refractivity contribution in [1.82, 2.24) is 19.3 Å². The van der Waals surface area contributed by atoms with Crippen molar-refractivity contribution in [3.8, 4) is 0 Å². The highest BCUT2D eigenvalue weighted by Crippen LogP contribution is 2.13. The molecule has 0 saturated heterocycles. The number of benzene rings is 1. The Morgan fingerprint density at radius 3 is 2.92 bits per heavy atom. The van der Waals surface area contributed by atoms with Gasteiger partial charge in [0, 0.05) is 31.4 Å². The maximum atomic E-state index is 12.4. The summed E-state index contributed by atoms with van der Waals surface area (Å²) < 4.78 is 3.29. The van der Waals surface area contributed by atoms with Crippen molar-refractivity contribution >= 4 is 34.8 Å². The maximum absolute atomic E-state index is 12.4. The summed E-state index contributed by atoms with van der Waals surface area (Å²) in [6.45, 7) is 3.94. The van der Waals surface area contributed by atoms with E-state index in [1.54, 1.807) is 48.3 Å². The number of hydrogen-bond acceptors (Lipinski definition) is 4. The number of hydrogen-bond donors (Lipinski definition) is 2. The molecule has 3 rings (SSSR count). The third-order valence-electron chi connectivity index (χ3n) is 3.51. The second-order valence-electron chi connectivity index (χ2n) is 5.22. The number of aryl methyl sites for hydroxylation is 1. The summed E-state index contributed by atoms with van der Waals surface area (Å²) in [5.74, 6) is 0.141. The predicted molar refractivity (Wildman–Crippen MR) is 94.8 cm³/mol.